The SMILES string of the molecule is CS(=O)(=O)Nc1ccc2c(c1)[C@H]1C[C@H](CC(=O)NCc3ccccc3)O[C@@H](CO)[C@H]1O2. The molecule has 3 N–H and O–H groups in total. The molecule has 9 heteroatoms. The van der Waals surface area contributed by atoms with Crippen molar-refractivity contribution in [3.05, 3.63) is 59.7 Å². The van der Waals surface area contributed by atoms with Crippen molar-refractivity contribution in [2.24, 2.45) is 0 Å². The van der Waals surface area contributed by atoms with Gasteiger partial charge < -0.3 is 19.9 Å². The van der Waals surface area contributed by atoms with Gasteiger partial charge in [-0.15, -0.1) is 0 Å². The first-order valence-electron chi connectivity index (χ1n) is 10.2. The van der Waals surface area contributed by atoms with Crippen LogP contribution in [0.3, 0.4) is 0 Å². The van der Waals surface area contributed by atoms with Crippen molar-refractivity contribution in [3.63, 3.8) is 0 Å². The number of fused-ring (bicyclic) bond motifs is 3. The van der Waals surface area contributed by atoms with Crippen LogP contribution in [-0.2, 0) is 26.1 Å². The summed E-state index contributed by atoms with van der Waals surface area (Å²) in [6, 6.07) is 14.8. The van der Waals surface area contributed by atoms with Crippen LogP contribution in [0, 0.1) is 0 Å². The van der Waals surface area contributed by atoms with E-state index < -0.39 is 16.1 Å². The van der Waals surface area contributed by atoms with E-state index in [2.05, 4.69) is 10.0 Å². The third kappa shape index (κ3) is 5.17. The minimum absolute atomic E-state index is 0.103. The average Bonchev–Trinajstić information content (AvgIpc) is 3.09. The van der Waals surface area contributed by atoms with Gasteiger partial charge in [-0.05, 0) is 30.2 Å². The number of hydrogen-bond acceptors (Lipinski definition) is 6. The van der Waals surface area contributed by atoms with Gasteiger partial charge in [0, 0.05) is 23.7 Å². The Hall–Kier alpha value is -2.62. The number of ether oxygens (including phenoxy) is 2. The molecule has 0 radical (unpaired) electrons. The minimum Gasteiger partial charge on any atom is -0.487 e. The highest BCUT2D eigenvalue weighted by Crippen LogP contribution is 2.47. The molecule has 166 valence electrons. The number of aliphatic hydroxyl groups is 1. The molecule has 0 unspecified atom stereocenters. The van der Waals surface area contributed by atoms with E-state index in [-0.39, 0.29) is 37.1 Å². The number of anilines is 1. The highest BCUT2D eigenvalue weighted by Gasteiger charge is 2.46. The number of sulfonamides is 1. The average molecular weight is 447 g/mol. The molecule has 31 heavy (non-hydrogen) atoms. The molecule has 2 aliphatic heterocycles. The topological polar surface area (TPSA) is 114 Å². The fraction of sp³-hybridized carbons (Fsp3) is 0.409. The first-order chi connectivity index (χ1) is 14.8. The molecular weight excluding hydrogens is 420 g/mol. The van der Waals surface area contributed by atoms with Gasteiger partial charge in [0.15, 0.2) is 0 Å². The van der Waals surface area contributed by atoms with Crippen molar-refractivity contribution in [3.8, 4) is 5.75 Å². The fourth-order valence-electron chi connectivity index (χ4n) is 4.24. The first-order valence-corrected chi connectivity index (χ1v) is 12.1. The third-order valence-corrected chi connectivity index (χ3v) is 6.15. The normalized spacial score (nSPS) is 24.6. The van der Waals surface area contributed by atoms with E-state index >= 15 is 0 Å². The van der Waals surface area contributed by atoms with E-state index in [1.807, 2.05) is 30.3 Å². The zero-order valence-corrected chi connectivity index (χ0v) is 18.0. The largest absolute Gasteiger partial charge is 0.487 e. The second kappa shape index (κ2) is 8.86. The zero-order valence-electron chi connectivity index (χ0n) is 17.2. The molecule has 1 fully saturated rings. The number of amides is 1. The molecule has 0 aromatic heterocycles. The number of carbonyl (C=O) groups is 1. The maximum Gasteiger partial charge on any atom is 0.229 e. The number of carbonyl (C=O) groups excluding carboxylic acids is 1. The molecule has 0 saturated carbocycles. The van der Waals surface area contributed by atoms with Crippen molar-refractivity contribution in [2.75, 3.05) is 17.6 Å². The van der Waals surface area contributed by atoms with Crippen molar-refractivity contribution in [1.29, 1.82) is 0 Å². The fourth-order valence-corrected chi connectivity index (χ4v) is 4.80. The molecule has 4 rings (SSSR count). The minimum atomic E-state index is -3.40. The van der Waals surface area contributed by atoms with E-state index in [0.29, 0.717) is 24.4 Å². The van der Waals surface area contributed by atoms with Crippen LogP contribution >= 0.6 is 0 Å². The lowest BCUT2D eigenvalue weighted by atomic mass is 9.84. The Kier molecular flexibility index (Phi) is 6.17. The molecule has 0 aliphatic carbocycles. The second-order valence-electron chi connectivity index (χ2n) is 8.00. The molecule has 1 saturated heterocycles. The number of rotatable bonds is 7. The van der Waals surface area contributed by atoms with Crippen molar-refractivity contribution >= 4 is 21.6 Å². The number of nitrogens with one attached hydrogen (secondary N) is 2. The molecule has 4 atom stereocenters. The quantitative estimate of drug-likeness (QED) is 0.597. The summed E-state index contributed by atoms with van der Waals surface area (Å²) in [5, 5.41) is 12.7. The summed E-state index contributed by atoms with van der Waals surface area (Å²) in [7, 11) is -3.40. The molecule has 8 nitrogen and oxygen atoms in total. The maximum absolute atomic E-state index is 12.5. The summed E-state index contributed by atoms with van der Waals surface area (Å²) in [5.74, 6) is 0.412. The Balaban J connectivity index is 1.45. The summed E-state index contributed by atoms with van der Waals surface area (Å²) < 4.78 is 37.6. The molecule has 2 aromatic rings. The molecular formula is C22H26N2O6S. The number of benzene rings is 2. The van der Waals surface area contributed by atoms with Crippen LogP contribution in [0.1, 0.15) is 29.9 Å². The Bertz CT molecular complexity index is 1040. The van der Waals surface area contributed by atoms with Crippen LogP contribution in [0.4, 0.5) is 5.69 Å². The Labute approximate surface area is 181 Å². The first kappa shape index (κ1) is 21.6. The predicted molar refractivity (Wildman–Crippen MR) is 115 cm³/mol. The second-order valence-corrected chi connectivity index (χ2v) is 9.75. The smallest absolute Gasteiger partial charge is 0.229 e. The van der Waals surface area contributed by atoms with Gasteiger partial charge in [0.25, 0.3) is 0 Å². The Morgan fingerprint density at radius 3 is 2.68 bits per heavy atom. The van der Waals surface area contributed by atoms with E-state index in [4.69, 9.17) is 9.47 Å². The van der Waals surface area contributed by atoms with Gasteiger partial charge in [-0.3, -0.25) is 9.52 Å². The van der Waals surface area contributed by atoms with E-state index in [1.54, 1.807) is 18.2 Å². The summed E-state index contributed by atoms with van der Waals surface area (Å²) >= 11 is 0. The summed E-state index contributed by atoms with van der Waals surface area (Å²) in [6.45, 7) is 0.208. The number of hydrogen-bond donors (Lipinski definition) is 3. The molecule has 2 aliphatic rings. The third-order valence-electron chi connectivity index (χ3n) is 5.55. The predicted octanol–water partition coefficient (Wildman–Crippen LogP) is 1.76. The Morgan fingerprint density at radius 1 is 1.19 bits per heavy atom. The lowest BCUT2D eigenvalue weighted by molar-refractivity contribution is -0.142. The molecule has 2 aromatic carbocycles. The monoisotopic (exact) mass is 446 g/mol. The standard InChI is InChI=1S/C22H26N2O6S/c1-31(27,28)24-15-7-8-19-17(9-15)18-10-16(29-20(13-25)22(18)30-19)11-21(26)23-12-14-5-3-2-4-6-14/h2-9,16,18,20,22,24-25H,10-13H2,1H3,(H,23,26)/t16-,18-,20+,22+/m1/s1. The van der Waals surface area contributed by atoms with E-state index in [0.717, 1.165) is 17.4 Å². The van der Waals surface area contributed by atoms with Gasteiger partial charge >= 0.3 is 0 Å². The molecule has 0 spiro atoms. The Morgan fingerprint density at radius 2 is 1.97 bits per heavy atom. The lowest BCUT2D eigenvalue weighted by Gasteiger charge is -2.37. The van der Waals surface area contributed by atoms with Crippen molar-refractivity contribution < 1.29 is 27.8 Å². The van der Waals surface area contributed by atoms with Crippen LogP contribution < -0.4 is 14.8 Å². The van der Waals surface area contributed by atoms with Crippen LogP contribution in [0.5, 0.6) is 5.75 Å². The zero-order chi connectivity index (χ0) is 22.0. The van der Waals surface area contributed by atoms with Crippen LogP contribution in [0.2, 0.25) is 0 Å². The van der Waals surface area contributed by atoms with E-state index in [9.17, 15) is 18.3 Å². The maximum atomic E-state index is 12.5. The van der Waals surface area contributed by atoms with Gasteiger partial charge in [0.05, 0.1) is 25.4 Å². The van der Waals surface area contributed by atoms with Gasteiger partial charge in [-0.1, -0.05) is 30.3 Å². The lowest BCUT2D eigenvalue weighted by Crippen LogP contribution is -2.47. The van der Waals surface area contributed by atoms with Crippen molar-refractivity contribution in [1.82, 2.24) is 5.32 Å². The van der Waals surface area contributed by atoms with Crippen LogP contribution in [0.15, 0.2) is 48.5 Å². The van der Waals surface area contributed by atoms with Crippen LogP contribution in [-0.4, -0.2) is 50.6 Å². The van der Waals surface area contributed by atoms with Gasteiger partial charge in [-0.25, -0.2) is 8.42 Å². The molecule has 2 heterocycles. The number of aliphatic hydroxyl groups excluding tert-OH is 1. The van der Waals surface area contributed by atoms with E-state index in [1.165, 1.54) is 0 Å². The highest BCUT2D eigenvalue weighted by molar-refractivity contribution is 7.92. The van der Waals surface area contributed by atoms with Gasteiger partial charge in [0.1, 0.15) is 18.0 Å². The molecule has 1 amide bonds. The van der Waals surface area contributed by atoms with Crippen molar-refractivity contribution in [2.45, 2.75) is 43.6 Å². The highest BCUT2D eigenvalue weighted by atomic mass is 32.2. The summed E-state index contributed by atoms with van der Waals surface area (Å²) in [6.07, 6.45) is 0.481. The van der Waals surface area contributed by atoms with Crippen LogP contribution in [0.25, 0.3) is 0 Å². The van der Waals surface area contributed by atoms with Gasteiger partial charge in [-0.2, -0.15) is 0 Å². The summed E-state index contributed by atoms with van der Waals surface area (Å²) in [4.78, 5) is 12.5. The summed E-state index contributed by atoms with van der Waals surface area (Å²) in [5.41, 5.74) is 2.32. The van der Waals surface area contributed by atoms with Gasteiger partial charge in [0.2, 0.25) is 15.9 Å². The molecule has 0 bridgehead atoms.